The van der Waals surface area contributed by atoms with E-state index in [0.717, 1.165) is 33.5 Å². The van der Waals surface area contributed by atoms with Crippen LogP contribution in [0.2, 0.25) is 0 Å². The first-order valence-electron chi connectivity index (χ1n) is 5.91. The molecule has 4 heteroatoms. The summed E-state index contributed by atoms with van der Waals surface area (Å²) in [6, 6.07) is 1.94. The predicted molar refractivity (Wildman–Crippen MR) is 69.9 cm³/mol. The number of hydrogen-bond donors (Lipinski definition) is 1. The molecule has 1 atom stereocenters. The van der Waals surface area contributed by atoms with Crippen molar-refractivity contribution in [2.45, 2.75) is 32.8 Å². The van der Waals surface area contributed by atoms with Gasteiger partial charge in [-0.3, -0.25) is 0 Å². The third-order valence-electron chi connectivity index (χ3n) is 2.85. The summed E-state index contributed by atoms with van der Waals surface area (Å²) in [6.45, 7) is 5.07. The zero-order chi connectivity index (χ0) is 12.4. The molecule has 0 bridgehead atoms. The zero-order valence-corrected chi connectivity index (χ0v) is 11.7. The molecular formula is C13H17BrO3. The molecule has 0 fully saturated rings. The molecule has 0 spiro atoms. The smallest absolute Gasteiger partial charge is 0.164 e. The minimum atomic E-state index is -0.362. The van der Waals surface area contributed by atoms with Gasteiger partial charge in [-0.05, 0) is 31.4 Å². The maximum absolute atomic E-state index is 9.56. The van der Waals surface area contributed by atoms with Crippen LogP contribution in [0.5, 0.6) is 11.5 Å². The lowest BCUT2D eigenvalue weighted by Gasteiger charge is -2.24. The van der Waals surface area contributed by atoms with E-state index in [0.29, 0.717) is 19.6 Å². The van der Waals surface area contributed by atoms with Crippen LogP contribution < -0.4 is 9.47 Å². The summed E-state index contributed by atoms with van der Waals surface area (Å²) < 4.78 is 12.3. The van der Waals surface area contributed by atoms with Crippen molar-refractivity contribution in [1.29, 1.82) is 0 Å². The van der Waals surface area contributed by atoms with Crippen LogP contribution in [-0.2, 0) is 12.8 Å². The highest BCUT2D eigenvalue weighted by Crippen LogP contribution is 2.40. The molecule has 94 valence electrons. The van der Waals surface area contributed by atoms with E-state index >= 15 is 0 Å². The first kappa shape index (κ1) is 12.7. The maximum Gasteiger partial charge on any atom is 0.164 e. The third kappa shape index (κ3) is 2.58. The second-order valence-electron chi connectivity index (χ2n) is 4.25. The van der Waals surface area contributed by atoms with E-state index in [2.05, 4.69) is 22.9 Å². The number of rotatable bonds is 3. The SMILES string of the molecule is CCc1c(CC(C)O)c(Br)cc2c1OCCO2. The molecule has 1 aromatic rings. The second kappa shape index (κ2) is 5.27. The molecule has 1 heterocycles. The molecule has 1 aliphatic rings. The van der Waals surface area contributed by atoms with Gasteiger partial charge in [0.1, 0.15) is 13.2 Å². The van der Waals surface area contributed by atoms with E-state index in [-0.39, 0.29) is 6.10 Å². The van der Waals surface area contributed by atoms with E-state index in [9.17, 15) is 5.11 Å². The number of ether oxygens (including phenoxy) is 2. The Morgan fingerprint density at radius 1 is 1.35 bits per heavy atom. The Kier molecular flexibility index (Phi) is 3.94. The number of halogens is 1. The third-order valence-corrected chi connectivity index (χ3v) is 3.56. The Morgan fingerprint density at radius 3 is 2.71 bits per heavy atom. The fourth-order valence-electron chi connectivity index (χ4n) is 2.15. The molecular weight excluding hydrogens is 284 g/mol. The average molecular weight is 301 g/mol. The Labute approximate surface area is 110 Å². The van der Waals surface area contributed by atoms with Crippen molar-refractivity contribution in [3.05, 3.63) is 21.7 Å². The van der Waals surface area contributed by atoms with E-state index < -0.39 is 0 Å². The Morgan fingerprint density at radius 2 is 2.06 bits per heavy atom. The minimum Gasteiger partial charge on any atom is -0.486 e. The van der Waals surface area contributed by atoms with Gasteiger partial charge in [0.25, 0.3) is 0 Å². The second-order valence-corrected chi connectivity index (χ2v) is 5.10. The average Bonchev–Trinajstić information content (AvgIpc) is 2.29. The fourth-order valence-corrected chi connectivity index (χ4v) is 2.76. The van der Waals surface area contributed by atoms with Crippen molar-refractivity contribution in [2.24, 2.45) is 0 Å². The minimum absolute atomic E-state index is 0.362. The van der Waals surface area contributed by atoms with Crippen LogP contribution in [0.25, 0.3) is 0 Å². The lowest BCUT2D eigenvalue weighted by atomic mass is 9.98. The van der Waals surface area contributed by atoms with Crippen LogP contribution in [0.1, 0.15) is 25.0 Å². The molecule has 1 aliphatic heterocycles. The topological polar surface area (TPSA) is 38.7 Å². The van der Waals surface area contributed by atoms with E-state index in [1.54, 1.807) is 6.92 Å². The molecule has 0 aromatic heterocycles. The van der Waals surface area contributed by atoms with Gasteiger partial charge in [0, 0.05) is 10.0 Å². The van der Waals surface area contributed by atoms with Crippen molar-refractivity contribution in [3.63, 3.8) is 0 Å². The number of benzene rings is 1. The largest absolute Gasteiger partial charge is 0.486 e. The van der Waals surface area contributed by atoms with Gasteiger partial charge >= 0.3 is 0 Å². The normalized spacial score (nSPS) is 15.8. The summed E-state index contributed by atoms with van der Waals surface area (Å²) in [7, 11) is 0. The first-order chi connectivity index (χ1) is 8.13. The molecule has 0 amide bonds. The lowest BCUT2D eigenvalue weighted by molar-refractivity contribution is 0.168. The Bertz CT molecular complexity index is 416. The molecule has 0 saturated carbocycles. The number of fused-ring (bicyclic) bond motifs is 1. The van der Waals surface area contributed by atoms with Crippen molar-refractivity contribution in [3.8, 4) is 11.5 Å². The molecule has 0 aliphatic carbocycles. The Balaban J connectivity index is 2.50. The van der Waals surface area contributed by atoms with Gasteiger partial charge in [-0.1, -0.05) is 22.9 Å². The van der Waals surface area contributed by atoms with Crippen molar-refractivity contribution in [1.82, 2.24) is 0 Å². The predicted octanol–water partition coefficient (Wildman–Crippen LogP) is 2.71. The number of hydrogen-bond acceptors (Lipinski definition) is 3. The molecule has 3 nitrogen and oxygen atoms in total. The maximum atomic E-state index is 9.56. The quantitative estimate of drug-likeness (QED) is 0.933. The number of aliphatic hydroxyl groups excluding tert-OH is 1. The summed E-state index contributed by atoms with van der Waals surface area (Å²) in [5.74, 6) is 1.65. The van der Waals surface area contributed by atoms with Gasteiger partial charge in [-0.25, -0.2) is 0 Å². The molecule has 17 heavy (non-hydrogen) atoms. The fraction of sp³-hybridized carbons (Fsp3) is 0.538. The van der Waals surface area contributed by atoms with Crippen LogP contribution in [0.4, 0.5) is 0 Å². The van der Waals surface area contributed by atoms with Crippen LogP contribution in [0.3, 0.4) is 0 Å². The van der Waals surface area contributed by atoms with E-state index in [1.165, 1.54) is 0 Å². The molecule has 0 radical (unpaired) electrons. The van der Waals surface area contributed by atoms with E-state index in [1.807, 2.05) is 6.07 Å². The molecule has 1 unspecified atom stereocenters. The van der Waals surface area contributed by atoms with Gasteiger partial charge in [-0.15, -0.1) is 0 Å². The van der Waals surface area contributed by atoms with Gasteiger partial charge in [0.2, 0.25) is 0 Å². The van der Waals surface area contributed by atoms with Crippen molar-refractivity contribution in [2.75, 3.05) is 13.2 Å². The summed E-state index contributed by atoms with van der Waals surface area (Å²) >= 11 is 3.55. The first-order valence-corrected chi connectivity index (χ1v) is 6.70. The number of aliphatic hydroxyl groups is 1. The molecule has 2 rings (SSSR count). The van der Waals surface area contributed by atoms with Crippen LogP contribution in [0, 0.1) is 0 Å². The van der Waals surface area contributed by atoms with Crippen molar-refractivity contribution >= 4 is 15.9 Å². The lowest BCUT2D eigenvalue weighted by Crippen LogP contribution is -2.18. The molecule has 0 saturated heterocycles. The summed E-state index contributed by atoms with van der Waals surface area (Å²) in [6.07, 6.45) is 1.13. The highest BCUT2D eigenvalue weighted by atomic mass is 79.9. The Hall–Kier alpha value is -0.740. The summed E-state index contributed by atoms with van der Waals surface area (Å²) in [5, 5.41) is 9.56. The summed E-state index contributed by atoms with van der Waals surface area (Å²) in [4.78, 5) is 0. The van der Waals surface area contributed by atoms with E-state index in [4.69, 9.17) is 9.47 Å². The van der Waals surface area contributed by atoms with Gasteiger partial charge < -0.3 is 14.6 Å². The standard InChI is InChI=1S/C13H17BrO3/c1-3-9-10(6-8(2)15)11(14)7-12-13(9)17-5-4-16-12/h7-8,15H,3-6H2,1-2H3. The molecule has 1 aromatic carbocycles. The highest BCUT2D eigenvalue weighted by molar-refractivity contribution is 9.10. The van der Waals surface area contributed by atoms with Crippen LogP contribution in [-0.4, -0.2) is 24.4 Å². The highest BCUT2D eigenvalue weighted by Gasteiger charge is 2.21. The molecule has 1 N–H and O–H groups in total. The van der Waals surface area contributed by atoms with Gasteiger partial charge in [-0.2, -0.15) is 0 Å². The zero-order valence-electron chi connectivity index (χ0n) is 10.1. The van der Waals surface area contributed by atoms with Gasteiger partial charge in [0.05, 0.1) is 6.10 Å². The summed E-state index contributed by atoms with van der Waals surface area (Å²) in [5.41, 5.74) is 2.25. The van der Waals surface area contributed by atoms with Crippen LogP contribution >= 0.6 is 15.9 Å². The monoisotopic (exact) mass is 300 g/mol. The van der Waals surface area contributed by atoms with Crippen molar-refractivity contribution < 1.29 is 14.6 Å². The van der Waals surface area contributed by atoms with Crippen LogP contribution in [0.15, 0.2) is 10.5 Å². The van der Waals surface area contributed by atoms with Gasteiger partial charge in [0.15, 0.2) is 11.5 Å².